The minimum absolute atomic E-state index is 0.306. The second-order valence-corrected chi connectivity index (χ2v) is 9.18. The first kappa shape index (κ1) is 31.1. The predicted molar refractivity (Wildman–Crippen MR) is 136 cm³/mol. The molecule has 2 atom stereocenters. The first-order valence-electron chi connectivity index (χ1n) is 12.9. The summed E-state index contributed by atoms with van der Waals surface area (Å²) >= 11 is 0. The van der Waals surface area contributed by atoms with Crippen LogP contribution in [0.3, 0.4) is 0 Å². The van der Waals surface area contributed by atoms with E-state index >= 15 is 0 Å². The van der Waals surface area contributed by atoms with E-state index in [1.807, 2.05) is 13.8 Å². The van der Waals surface area contributed by atoms with E-state index in [2.05, 4.69) is 27.7 Å². The van der Waals surface area contributed by atoms with Crippen molar-refractivity contribution in [3.05, 3.63) is 35.4 Å². The van der Waals surface area contributed by atoms with E-state index in [0.717, 1.165) is 51.4 Å². The van der Waals surface area contributed by atoms with Crippen LogP contribution < -0.4 is 0 Å². The maximum atomic E-state index is 12.2. The normalized spacial score (nSPS) is 12.5. The molecule has 33 heavy (non-hydrogen) atoms. The van der Waals surface area contributed by atoms with Gasteiger partial charge in [0.05, 0.1) is 24.3 Å². The number of esters is 2. The molecule has 190 valence electrons. The Balaban J connectivity index is 0.00000184. The third-order valence-corrected chi connectivity index (χ3v) is 5.71. The van der Waals surface area contributed by atoms with Crippen LogP contribution in [0.25, 0.3) is 0 Å². The standard InChI is InChI=1S/C24H38O4.C4H10O/c1-5-9-11-19(7-3)17-27-23(25)21-13-15-22(16-14-21)24(26)28-18-20(8-4)12-10-6-2;1-4(2)3-5/h13-16,19-20H,5-12,17-18H2,1-4H3;4-5H,3H2,1-2H3. The average Bonchev–Trinajstić information content (AvgIpc) is 2.84. The van der Waals surface area contributed by atoms with Crippen molar-refractivity contribution < 1.29 is 24.2 Å². The molecule has 0 aliphatic rings. The van der Waals surface area contributed by atoms with E-state index in [4.69, 9.17) is 14.6 Å². The fourth-order valence-corrected chi connectivity index (χ4v) is 3.09. The Morgan fingerprint density at radius 3 is 1.33 bits per heavy atom. The maximum absolute atomic E-state index is 12.2. The van der Waals surface area contributed by atoms with Crippen LogP contribution >= 0.6 is 0 Å². The van der Waals surface area contributed by atoms with E-state index in [1.54, 1.807) is 24.3 Å². The Morgan fingerprint density at radius 2 is 1.09 bits per heavy atom. The number of carbonyl (C=O) groups excluding carboxylic acids is 2. The summed E-state index contributed by atoms with van der Waals surface area (Å²) in [5, 5.41) is 8.14. The van der Waals surface area contributed by atoms with Gasteiger partial charge in [0, 0.05) is 6.61 Å². The van der Waals surface area contributed by atoms with Gasteiger partial charge in [-0.05, 0) is 54.9 Å². The smallest absolute Gasteiger partial charge is 0.338 e. The predicted octanol–water partition coefficient (Wildman–Crippen LogP) is 7.07. The van der Waals surface area contributed by atoms with Gasteiger partial charge in [0.25, 0.3) is 0 Å². The lowest BCUT2D eigenvalue weighted by atomic mass is 10.0. The molecule has 5 nitrogen and oxygen atoms in total. The molecular weight excluding hydrogens is 416 g/mol. The maximum Gasteiger partial charge on any atom is 0.338 e. The number of aliphatic hydroxyl groups is 1. The zero-order valence-corrected chi connectivity index (χ0v) is 21.9. The third kappa shape index (κ3) is 14.8. The highest BCUT2D eigenvalue weighted by Crippen LogP contribution is 2.16. The van der Waals surface area contributed by atoms with Gasteiger partial charge in [-0.2, -0.15) is 0 Å². The van der Waals surface area contributed by atoms with Crippen LogP contribution in [0.4, 0.5) is 0 Å². The first-order chi connectivity index (χ1) is 15.8. The summed E-state index contributed by atoms with van der Waals surface area (Å²) in [6, 6.07) is 6.56. The van der Waals surface area contributed by atoms with E-state index in [-0.39, 0.29) is 11.9 Å². The number of aliphatic hydroxyl groups excluding tert-OH is 1. The molecule has 0 heterocycles. The lowest BCUT2D eigenvalue weighted by Crippen LogP contribution is -2.15. The lowest BCUT2D eigenvalue weighted by Gasteiger charge is -2.15. The molecule has 1 aromatic rings. The van der Waals surface area contributed by atoms with Crippen molar-refractivity contribution >= 4 is 11.9 Å². The van der Waals surface area contributed by atoms with E-state index in [0.29, 0.717) is 48.7 Å². The van der Waals surface area contributed by atoms with Gasteiger partial charge in [-0.3, -0.25) is 0 Å². The number of benzene rings is 1. The molecule has 5 heteroatoms. The zero-order chi connectivity index (χ0) is 25.1. The lowest BCUT2D eigenvalue weighted by molar-refractivity contribution is 0.0414. The van der Waals surface area contributed by atoms with Crippen LogP contribution in [0, 0.1) is 17.8 Å². The molecule has 0 saturated carbocycles. The fourth-order valence-electron chi connectivity index (χ4n) is 3.09. The quantitative estimate of drug-likeness (QED) is 0.281. The third-order valence-electron chi connectivity index (χ3n) is 5.71. The molecule has 1 N–H and O–H groups in total. The van der Waals surface area contributed by atoms with Crippen molar-refractivity contribution in [2.75, 3.05) is 19.8 Å². The van der Waals surface area contributed by atoms with Crippen LogP contribution in [-0.2, 0) is 9.47 Å². The Labute approximate surface area is 202 Å². The van der Waals surface area contributed by atoms with Gasteiger partial charge in [-0.25, -0.2) is 9.59 Å². The van der Waals surface area contributed by atoms with Gasteiger partial charge in [0.2, 0.25) is 0 Å². The first-order valence-corrected chi connectivity index (χ1v) is 12.9. The van der Waals surface area contributed by atoms with Crippen molar-refractivity contribution in [2.45, 2.75) is 92.9 Å². The topological polar surface area (TPSA) is 72.8 Å². The molecule has 0 spiro atoms. The molecule has 0 saturated heterocycles. The van der Waals surface area contributed by atoms with Gasteiger partial charge in [0.15, 0.2) is 0 Å². The van der Waals surface area contributed by atoms with Crippen LogP contribution in [0.15, 0.2) is 24.3 Å². The van der Waals surface area contributed by atoms with Crippen molar-refractivity contribution in [1.29, 1.82) is 0 Å². The number of hydrogen-bond acceptors (Lipinski definition) is 5. The number of hydrogen-bond donors (Lipinski definition) is 1. The molecule has 0 aliphatic carbocycles. The van der Waals surface area contributed by atoms with Crippen LogP contribution in [0.2, 0.25) is 0 Å². The van der Waals surface area contributed by atoms with Crippen molar-refractivity contribution in [2.24, 2.45) is 17.8 Å². The Bertz CT molecular complexity index is 573. The summed E-state index contributed by atoms with van der Waals surface area (Å²) in [7, 11) is 0. The van der Waals surface area contributed by atoms with Gasteiger partial charge in [-0.1, -0.05) is 80.1 Å². The van der Waals surface area contributed by atoms with E-state index in [9.17, 15) is 9.59 Å². The molecule has 0 amide bonds. The summed E-state index contributed by atoms with van der Waals surface area (Å²) in [5.74, 6) is 0.602. The van der Waals surface area contributed by atoms with E-state index < -0.39 is 0 Å². The summed E-state index contributed by atoms with van der Waals surface area (Å²) < 4.78 is 10.9. The van der Waals surface area contributed by atoms with Crippen LogP contribution in [-0.4, -0.2) is 36.9 Å². The monoisotopic (exact) mass is 464 g/mol. The van der Waals surface area contributed by atoms with Crippen molar-refractivity contribution in [1.82, 2.24) is 0 Å². The van der Waals surface area contributed by atoms with Gasteiger partial charge in [-0.15, -0.1) is 0 Å². The molecule has 1 aromatic carbocycles. The second kappa shape index (κ2) is 19.6. The van der Waals surface area contributed by atoms with Gasteiger partial charge < -0.3 is 14.6 Å². The summed E-state index contributed by atoms with van der Waals surface area (Å²) in [6.07, 6.45) is 8.81. The minimum Gasteiger partial charge on any atom is -0.462 e. The molecule has 0 bridgehead atoms. The highest BCUT2D eigenvalue weighted by Gasteiger charge is 2.15. The van der Waals surface area contributed by atoms with Crippen LogP contribution in [0.1, 0.15) is 114 Å². The molecule has 0 aromatic heterocycles. The fraction of sp³-hybridized carbons (Fsp3) is 0.714. The minimum atomic E-state index is -0.333. The molecular formula is C28H48O5. The van der Waals surface area contributed by atoms with Gasteiger partial charge in [0.1, 0.15) is 0 Å². The van der Waals surface area contributed by atoms with Gasteiger partial charge >= 0.3 is 11.9 Å². The summed E-state index contributed by atoms with van der Waals surface area (Å²) in [4.78, 5) is 24.5. The zero-order valence-electron chi connectivity index (χ0n) is 21.9. The molecule has 1 rings (SSSR count). The Hall–Kier alpha value is -1.88. The highest BCUT2D eigenvalue weighted by atomic mass is 16.5. The highest BCUT2D eigenvalue weighted by molar-refractivity contribution is 5.93. The Morgan fingerprint density at radius 1 is 0.758 bits per heavy atom. The average molecular weight is 465 g/mol. The van der Waals surface area contributed by atoms with Crippen molar-refractivity contribution in [3.8, 4) is 0 Å². The number of rotatable bonds is 15. The summed E-state index contributed by atoms with van der Waals surface area (Å²) in [6.45, 7) is 13.7. The van der Waals surface area contributed by atoms with E-state index in [1.165, 1.54) is 0 Å². The number of carbonyl (C=O) groups is 2. The Kier molecular flexibility index (Phi) is 18.5. The largest absolute Gasteiger partial charge is 0.462 e. The summed E-state index contributed by atoms with van der Waals surface area (Å²) in [5.41, 5.74) is 0.938. The number of unbranched alkanes of at least 4 members (excludes halogenated alkanes) is 2. The molecule has 0 fully saturated rings. The molecule has 2 unspecified atom stereocenters. The van der Waals surface area contributed by atoms with Crippen LogP contribution in [0.5, 0.6) is 0 Å². The van der Waals surface area contributed by atoms with Crippen molar-refractivity contribution in [3.63, 3.8) is 0 Å². The second-order valence-electron chi connectivity index (χ2n) is 9.18. The molecule has 0 aliphatic heterocycles. The molecule has 0 radical (unpaired) electrons. The number of ether oxygens (including phenoxy) is 2. The SMILES string of the molecule is CC(C)CO.CCCCC(CC)COC(=O)c1ccc(C(=O)OCC(CC)CCCC)cc1.